The van der Waals surface area contributed by atoms with Crippen molar-refractivity contribution in [2.75, 3.05) is 11.9 Å². The molecule has 8 heteroatoms. The van der Waals surface area contributed by atoms with Crippen LogP contribution in [0.25, 0.3) is 22.3 Å². The first-order valence-electron chi connectivity index (χ1n) is 9.05. The van der Waals surface area contributed by atoms with Gasteiger partial charge in [-0.05, 0) is 23.8 Å². The summed E-state index contributed by atoms with van der Waals surface area (Å²) in [4.78, 5) is 21.8. The third-order valence-corrected chi connectivity index (χ3v) is 5.50. The van der Waals surface area contributed by atoms with Gasteiger partial charge in [-0.15, -0.1) is 0 Å². The van der Waals surface area contributed by atoms with Crippen LogP contribution in [-0.4, -0.2) is 38.2 Å². The van der Waals surface area contributed by atoms with Gasteiger partial charge in [0.1, 0.15) is 5.69 Å². The van der Waals surface area contributed by atoms with Crippen LogP contribution in [0.2, 0.25) is 0 Å². The molecule has 0 aliphatic heterocycles. The largest absolute Gasteiger partial charge is 0.504 e. The number of carbonyl (C=O) groups excluding carboxylic acids is 1. The van der Waals surface area contributed by atoms with Crippen LogP contribution in [-0.2, 0) is 5.33 Å². The molecule has 7 nitrogen and oxygen atoms in total. The van der Waals surface area contributed by atoms with E-state index in [1.54, 1.807) is 6.07 Å². The van der Waals surface area contributed by atoms with Gasteiger partial charge in [0.25, 0.3) is 5.91 Å². The lowest BCUT2D eigenvalue weighted by Crippen LogP contribution is -2.26. The van der Waals surface area contributed by atoms with Crippen LogP contribution in [0.3, 0.4) is 0 Å². The fraction of sp³-hybridized carbons (Fsp3) is 0.0909. The number of fused-ring (bicyclic) bond motifs is 1. The molecule has 0 saturated heterocycles. The van der Waals surface area contributed by atoms with Crippen molar-refractivity contribution in [1.82, 2.24) is 9.97 Å². The average molecular weight is 468 g/mol. The number of hydrogen-bond acceptors (Lipinski definition) is 5. The number of nitrogens with zero attached hydrogens (tertiary/aromatic N) is 2. The molecule has 152 valence electrons. The van der Waals surface area contributed by atoms with Crippen LogP contribution in [0.1, 0.15) is 16.1 Å². The standard InChI is InChI=1S/C22H18BrN3O4/c1-26(14-8-19(27)21(29)20(28)9-14)22(30)18-10-17-16(25-18)7-6-15(24-17)13-4-2-12(11-23)3-5-13/h2-10,25,27-29H,11H2,1H3. The molecule has 2 aromatic heterocycles. The Morgan fingerprint density at radius 1 is 1.03 bits per heavy atom. The van der Waals surface area contributed by atoms with E-state index in [4.69, 9.17) is 0 Å². The van der Waals surface area contributed by atoms with Crippen molar-refractivity contribution >= 4 is 38.6 Å². The minimum absolute atomic E-state index is 0.229. The quantitative estimate of drug-likeness (QED) is 0.260. The van der Waals surface area contributed by atoms with E-state index < -0.39 is 17.2 Å². The minimum Gasteiger partial charge on any atom is -0.504 e. The number of halogens is 1. The number of rotatable bonds is 4. The maximum absolute atomic E-state index is 12.9. The molecule has 0 spiro atoms. The molecular weight excluding hydrogens is 450 g/mol. The summed E-state index contributed by atoms with van der Waals surface area (Å²) in [6.07, 6.45) is 0. The van der Waals surface area contributed by atoms with Crippen LogP contribution in [0.15, 0.2) is 54.6 Å². The number of amides is 1. The zero-order valence-electron chi connectivity index (χ0n) is 15.9. The molecule has 0 atom stereocenters. The molecule has 4 aromatic rings. The van der Waals surface area contributed by atoms with Crippen molar-refractivity contribution in [2.45, 2.75) is 5.33 Å². The summed E-state index contributed by atoms with van der Waals surface area (Å²) in [5.74, 6) is -2.05. The van der Waals surface area contributed by atoms with Crippen molar-refractivity contribution in [3.63, 3.8) is 0 Å². The molecule has 4 rings (SSSR count). The Labute approximate surface area is 180 Å². The second kappa shape index (κ2) is 7.72. The number of alkyl halides is 1. The number of aromatic hydroxyl groups is 3. The minimum atomic E-state index is -0.633. The highest BCUT2D eigenvalue weighted by atomic mass is 79.9. The molecule has 1 amide bonds. The number of aromatic amines is 1. The maximum atomic E-state index is 12.9. The molecule has 0 radical (unpaired) electrons. The predicted octanol–water partition coefficient (Wildman–Crippen LogP) is 4.52. The normalized spacial score (nSPS) is 11.0. The first-order valence-corrected chi connectivity index (χ1v) is 10.2. The fourth-order valence-electron chi connectivity index (χ4n) is 3.13. The van der Waals surface area contributed by atoms with Crippen LogP contribution >= 0.6 is 15.9 Å². The monoisotopic (exact) mass is 467 g/mol. The Balaban J connectivity index is 1.65. The van der Waals surface area contributed by atoms with Crippen molar-refractivity contribution in [3.05, 3.63) is 65.9 Å². The summed E-state index contributed by atoms with van der Waals surface area (Å²) in [5.41, 5.74) is 4.83. The summed E-state index contributed by atoms with van der Waals surface area (Å²) in [7, 11) is 1.50. The van der Waals surface area contributed by atoms with E-state index in [2.05, 4.69) is 25.9 Å². The highest BCUT2D eigenvalue weighted by molar-refractivity contribution is 9.08. The Kier molecular flexibility index (Phi) is 5.09. The molecule has 0 aliphatic rings. The lowest BCUT2D eigenvalue weighted by Gasteiger charge is -2.17. The number of hydrogen-bond donors (Lipinski definition) is 4. The van der Waals surface area contributed by atoms with Gasteiger partial charge in [-0.3, -0.25) is 4.79 Å². The Hall–Kier alpha value is -3.52. The average Bonchev–Trinajstić information content (AvgIpc) is 3.19. The van der Waals surface area contributed by atoms with Crippen LogP contribution < -0.4 is 4.90 Å². The Bertz CT molecular complexity index is 1230. The van der Waals surface area contributed by atoms with Crippen molar-refractivity contribution in [1.29, 1.82) is 0 Å². The summed E-state index contributed by atoms with van der Waals surface area (Å²) >= 11 is 3.43. The van der Waals surface area contributed by atoms with Crippen molar-refractivity contribution in [3.8, 4) is 28.5 Å². The first kappa shape index (κ1) is 19.8. The SMILES string of the molecule is CN(C(=O)c1cc2nc(-c3ccc(CBr)cc3)ccc2[nH]1)c1cc(O)c(O)c(O)c1. The highest BCUT2D eigenvalue weighted by Crippen LogP contribution is 2.38. The number of benzene rings is 2. The molecule has 4 N–H and O–H groups in total. The Morgan fingerprint density at radius 3 is 2.33 bits per heavy atom. The Morgan fingerprint density at radius 2 is 1.70 bits per heavy atom. The van der Waals surface area contributed by atoms with Gasteiger partial charge < -0.3 is 25.2 Å². The van der Waals surface area contributed by atoms with E-state index in [-0.39, 0.29) is 11.6 Å². The fourth-order valence-corrected chi connectivity index (χ4v) is 3.50. The first-order chi connectivity index (χ1) is 14.4. The number of phenolic OH excluding ortho intramolecular Hbond substituents is 3. The van der Waals surface area contributed by atoms with Crippen LogP contribution in [0, 0.1) is 0 Å². The van der Waals surface area contributed by atoms with Crippen molar-refractivity contribution < 1.29 is 20.1 Å². The van der Waals surface area contributed by atoms with Gasteiger partial charge >= 0.3 is 0 Å². The lowest BCUT2D eigenvalue weighted by molar-refractivity contribution is 0.0989. The van der Waals surface area contributed by atoms with Gasteiger partial charge in [0.15, 0.2) is 17.2 Å². The number of anilines is 1. The number of aromatic nitrogens is 2. The zero-order chi connectivity index (χ0) is 21.4. The highest BCUT2D eigenvalue weighted by Gasteiger charge is 2.19. The summed E-state index contributed by atoms with van der Waals surface area (Å²) in [6, 6.07) is 15.9. The molecular formula is C22H18BrN3O4. The number of nitrogens with one attached hydrogen (secondary N) is 1. The summed E-state index contributed by atoms with van der Waals surface area (Å²) in [6.45, 7) is 0. The van der Waals surface area contributed by atoms with Gasteiger partial charge in [-0.2, -0.15) is 0 Å². The van der Waals surface area contributed by atoms with Gasteiger partial charge in [0, 0.05) is 30.1 Å². The topological polar surface area (TPSA) is 110 Å². The zero-order valence-corrected chi connectivity index (χ0v) is 17.5. The molecule has 0 aliphatic carbocycles. The van der Waals surface area contributed by atoms with Gasteiger partial charge in [0.2, 0.25) is 0 Å². The van der Waals surface area contributed by atoms with E-state index in [1.807, 2.05) is 36.4 Å². The van der Waals surface area contributed by atoms with E-state index in [1.165, 1.54) is 29.6 Å². The molecule has 0 fully saturated rings. The van der Waals surface area contributed by atoms with Gasteiger partial charge in [-0.1, -0.05) is 40.2 Å². The van der Waals surface area contributed by atoms with Crippen LogP contribution in [0.5, 0.6) is 17.2 Å². The smallest absolute Gasteiger partial charge is 0.274 e. The summed E-state index contributed by atoms with van der Waals surface area (Å²) in [5, 5.41) is 29.7. The summed E-state index contributed by atoms with van der Waals surface area (Å²) < 4.78 is 0. The number of carbonyl (C=O) groups is 1. The maximum Gasteiger partial charge on any atom is 0.274 e. The van der Waals surface area contributed by atoms with E-state index in [9.17, 15) is 20.1 Å². The third-order valence-electron chi connectivity index (χ3n) is 4.86. The number of phenols is 3. The van der Waals surface area contributed by atoms with E-state index in [0.29, 0.717) is 16.7 Å². The number of pyridine rings is 1. The molecule has 0 unspecified atom stereocenters. The van der Waals surface area contributed by atoms with Crippen molar-refractivity contribution in [2.24, 2.45) is 0 Å². The molecule has 2 aromatic carbocycles. The van der Waals surface area contributed by atoms with E-state index in [0.717, 1.165) is 16.6 Å². The van der Waals surface area contributed by atoms with Crippen LogP contribution in [0.4, 0.5) is 5.69 Å². The van der Waals surface area contributed by atoms with E-state index >= 15 is 0 Å². The third kappa shape index (κ3) is 3.57. The lowest BCUT2D eigenvalue weighted by atomic mass is 10.1. The second-order valence-electron chi connectivity index (χ2n) is 6.84. The second-order valence-corrected chi connectivity index (χ2v) is 7.40. The molecule has 0 bridgehead atoms. The molecule has 0 saturated carbocycles. The van der Waals surface area contributed by atoms with Gasteiger partial charge in [-0.25, -0.2) is 4.98 Å². The van der Waals surface area contributed by atoms with Gasteiger partial charge in [0.05, 0.1) is 22.4 Å². The molecule has 2 heterocycles. The number of H-pyrrole nitrogens is 1. The molecule has 30 heavy (non-hydrogen) atoms. The predicted molar refractivity (Wildman–Crippen MR) is 118 cm³/mol.